The monoisotopic (exact) mass is 197 g/mol. The molecular formula is C11H23N3. The second-order valence-corrected chi connectivity index (χ2v) is 4.29. The SMILES string of the molecule is CCCC(C)NC(N)=NC1CCCC1. The van der Waals surface area contributed by atoms with Gasteiger partial charge in [-0.15, -0.1) is 0 Å². The van der Waals surface area contributed by atoms with Crippen LogP contribution < -0.4 is 11.1 Å². The third-order valence-corrected chi connectivity index (χ3v) is 2.76. The molecule has 1 saturated carbocycles. The Morgan fingerprint density at radius 1 is 1.50 bits per heavy atom. The molecule has 0 amide bonds. The molecule has 1 atom stereocenters. The predicted molar refractivity (Wildman–Crippen MR) is 61.4 cm³/mol. The zero-order valence-corrected chi connectivity index (χ0v) is 9.42. The van der Waals surface area contributed by atoms with E-state index in [1.165, 1.54) is 32.1 Å². The molecule has 0 aromatic carbocycles. The summed E-state index contributed by atoms with van der Waals surface area (Å²) in [6, 6.07) is 0.932. The molecule has 1 aliphatic rings. The van der Waals surface area contributed by atoms with E-state index in [1.54, 1.807) is 0 Å². The van der Waals surface area contributed by atoms with Crippen molar-refractivity contribution < 1.29 is 0 Å². The van der Waals surface area contributed by atoms with Gasteiger partial charge in [-0.05, 0) is 26.2 Å². The van der Waals surface area contributed by atoms with Gasteiger partial charge in [-0.25, -0.2) is 0 Å². The molecule has 0 heterocycles. The standard InChI is InChI=1S/C11H23N3/c1-3-6-9(2)13-11(12)14-10-7-4-5-8-10/h9-10H,3-8H2,1-2H3,(H3,12,13,14). The number of guanidine groups is 1. The van der Waals surface area contributed by atoms with Crippen LogP contribution in [0.25, 0.3) is 0 Å². The third-order valence-electron chi connectivity index (χ3n) is 2.76. The van der Waals surface area contributed by atoms with E-state index >= 15 is 0 Å². The third kappa shape index (κ3) is 3.99. The zero-order chi connectivity index (χ0) is 10.4. The van der Waals surface area contributed by atoms with E-state index < -0.39 is 0 Å². The molecular weight excluding hydrogens is 174 g/mol. The Bertz CT molecular complexity index is 183. The van der Waals surface area contributed by atoms with Gasteiger partial charge in [0.05, 0.1) is 6.04 Å². The van der Waals surface area contributed by atoms with Crippen LogP contribution in [0, 0.1) is 0 Å². The quantitative estimate of drug-likeness (QED) is 0.535. The highest BCUT2D eigenvalue weighted by atomic mass is 15.1. The van der Waals surface area contributed by atoms with Crippen molar-refractivity contribution in [1.82, 2.24) is 5.32 Å². The summed E-state index contributed by atoms with van der Waals surface area (Å²) < 4.78 is 0. The van der Waals surface area contributed by atoms with Gasteiger partial charge in [0.2, 0.25) is 0 Å². The molecule has 14 heavy (non-hydrogen) atoms. The first-order valence-electron chi connectivity index (χ1n) is 5.82. The first-order valence-corrected chi connectivity index (χ1v) is 5.82. The molecule has 1 fully saturated rings. The lowest BCUT2D eigenvalue weighted by Gasteiger charge is -2.14. The maximum absolute atomic E-state index is 5.82. The molecule has 1 aliphatic carbocycles. The Hall–Kier alpha value is -0.730. The smallest absolute Gasteiger partial charge is 0.189 e. The fourth-order valence-electron chi connectivity index (χ4n) is 2.02. The van der Waals surface area contributed by atoms with Gasteiger partial charge >= 0.3 is 0 Å². The minimum atomic E-state index is 0.449. The first kappa shape index (κ1) is 11.3. The topological polar surface area (TPSA) is 50.4 Å². The van der Waals surface area contributed by atoms with E-state index in [1.807, 2.05) is 0 Å². The molecule has 0 bridgehead atoms. The van der Waals surface area contributed by atoms with E-state index in [0.29, 0.717) is 18.0 Å². The summed E-state index contributed by atoms with van der Waals surface area (Å²) in [7, 11) is 0. The van der Waals surface area contributed by atoms with Crippen molar-refractivity contribution >= 4 is 5.96 Å². The highest BCUT2D eigenvalue weighted by Gasteiger charge is 2.14. The highest BCUT2D eigenvalue weighted by molar-refractivity contribution is 5.78. The molecule has 0 radical (unpaired) electrons. The van der Waals surface area contributed by atoms with Gasteiger partial charge in [0.1, 0.15) is 0 Å². The molecule has 1 rings (SSSR count). The average molecular weight is 197 g/mol. The van der Waals surface area contributed by atoms with Gasteiger partial charge in [-0.3, -0.25) is 4.99 Å². The minimum absolute atomic E-state index is 0.449. The Balaban J connectivity index is 2.28. The molecule has 0 aromatic rings. The molecule has 3 N–H and O–H groups in total. The summed E-state index contributed by atoms with van der Waals surface area (Å²) in [5.74, 6) is 0.637. The Morgan fingerprint density at radius 2 is 2.14 bits per heavy atom. The lowest BCUT2D eigenvalue weighted by atomic mass is 10.2. The van der Waals surface area contributed by atoms with Gasteiger partial charge in [0, 0.05) is 6.04 Å². The van der Waals surface area contributed by atoms with E-state index in [9.17, 15) is 0 Å². The van der Waals surface area contributed by atoms with Gasteiger partial charge in [0.25, 0.3) is 0 Å². The number of hydrogen-bond acceptors (Lipinski definition) is 1. The summed E-state index contributed by atoms with van der Waals surface area (Å²) in [5.41, 5.74) is 5.82. The second kappa shape index (κ2) is 5.89. The predicted octanol–water partition coefficient (Wildman–Crippen LogP) is 2.02. The van der Waals surface area contributed by atoms with Gasteiger partial charge < -0.3 is 11.1 Å². The van der Waals surface area contributed by atoms with Crippen molar-refractivity contribution in [1.29, 1.82) is 0 Å². The van der Waals surface area contributed by atoms with Crippen molar-refractivity contribution in [3.8, 4) is 0 Å². The Kier molecular flexibility index (Phi) is 4.77. The van der Waals surface area contributed by atoms with Crippen LogP contribution in [0.15, 0.2) is 4.99 Å². The number of hydrogen-bond donors (Lipinski definition) is 2. The molecule has 82 valence electrons. The minimum Gasteiger partial charge on any atom is -0.370 e. The summed E-state index contributed by atoms with van der Waals surface area (Å²) >= 11 is 0. The van der Waals surface area contributed by atoms with Crippen molar-refractivity contribution in [3.63, 3.8) is 0 Å². The number of nitrogens with two attached hydrogens (primary N) is 1. The van der Waals surface area contributed by atoms with E-state index in [2.05, 4.69) is 24.2 Å². The van der Waals surface area contributed by atoms with Crippen LogP contribution in [0.5, 0.6) is 0 Å². The zero-order valence-electron chi connectivity index (χ0n) is 9.42. The number of aliphatic imine (C=N–C) groups is 1. The second-order valence-electron chi connectivity index (χ2n) is 4.29. The summed E-state index contributed by atoms with van der Waals surface area (Å²) in [6.07, 6.45) is 7.39. The van der Waals surface area contributed by atoms with Crippen LogP contribution in [-0.4, -0.2) is 18.0 Å². The lowest BCUT2D eigenvalue weighted by molar-refractivity contribution is 0.587. The number of nitrogens with one attached hydrogen (secondary N) is 1. The molecule has 3 heteroatoms. The fraction of sp³-hybridized carbons (Fsp3) is 0.909. The van der Waals surface area contributed by atoms with Crippen LogP contribution in [0.2, 0.25) is 0 Å². The average Bonchev–Trinajstić information content (AvgIpc) is 2.56. The van der Waals surface area contributed by atoms with Crippen LogP contribution in [0.1, 0.15) is 52.4 Å². The molecule has 1 unspecified atom stereocenters. The van der Waals surface area contributed by atoms with Crippen LogP contribution in [0.4, 0.5) is 0 Å². The summed E-state index contributed by atoms with van der Waals surface area (Å²) in [4.78, 5) is 4.48. The fourth-order valence-corrected chi connectivity index (χ4v) is 2.02. The molecule has 3 nitrogen and oxygen atoms in total. The molecule has 0 spiro atoms. The van der Waals surface area contributed by atoms with Crippen LogP contribution >= 0.6 is 0 Å². The van der Waals surface area contributed by atoms with Crippen molar-refractivity contribution in [2.45, 2.75) is 64.5 Å². The van der Waals surface area contributed by atoms with Crippen LogP contribution in [-0.2, 0) is 0 Å². The maximum Gasteiger partial charge on any atom is 0.189 e. The van der Waals surface area contributed by atoms with E-state index in [-0.39, 0.29) is 0 Å². The van der Waals surface area contributed by atoms with Crippen LogP contribution in [0.3, 0.4) is 0 Å². The molecule has 0 aromatic heterocycles. The molecule has 0 saturated heterocycles. The molecule has 0 aliphatic heterocycles. The normalized spacial score (nSPS) is 21.1. The van der Waals surface area contributed by atoms with E-state index in [0.717, 1.165) is 6.42 Å². The number of nitrogens with zero attached hydrogens (tertiary/aromatic N) is 1. The lowest BCUT2D eigenvalue weighted by Crippen LogP contribution is -2.39. The van der Waals surface area contributed by atoms with Gasteiger partial charge in [-0.1, -0.05) is 26.2 Å². The Labute approximate surface area is 87.2 Å². The van der Waals surface area contributed by atoms with Gasteiger partial charge in [-0.2, -0.15) is 0 Å². The first-order chi connectivity index (χ1) is 6.72. The highest BCUT2D eigenvalue weighted by Crippen LogP contribution is 2.20. The van der Waals surface area contributed by atoms with Gasteiger partial charge in [0.15, 0.2) is 5.96 Å². The maximum atomic E-state index is 5.82. The summed E-state index contributed by atoms with van der Waals surface area (Å²) in [5, 5.41) is 3.24. The van der Waals surface area contributed by atoms with Crippen molar-refractivity contribution in [2.75, 3.05) is 0 Å². The number of rotatable bonds is 4. The van der Waals surface area contributed by atoms with Crippen molar-refractivity contribution in [2.24, 2.45) is 10.7 Å². The largest absolute Gasteiger partial charge is 0.370 e. The van der Waals surface area contributed by atoms with E-state index in [4.69, 9.17) is 5.73 Å². The Morgan fingerprint density at radius 3 is 2.71 bits per heavy atom. The summed E-state index contributed by atoms with van der Waals surface area (Å²) in [6.45, 7) is 4.34. The van der Waals surface area contributed by atoms with Crippen molar-refractivity contribution in [3.05, 3.63) is 0 Å².